The molecular formula is C24H22N2O4. The SMILES string of the molecule is O=C(O)c1ccc2c(C3=CCCCC3)c[nH]c2c1.O=C(O)c1ccc2cc[nH]c2c1. The van der Waals surface area contributed by atoms with Crippen molar-refractivity contribution < 1.29 is 19.8 Å². The molecule has 30 heavy (non-hydrogen) atoms. The molecule has 0 amide bonds. The molecule has 0 bridgehead atoms. The first-order valence-corrected chi connectivity index (χ1v) is 9.87. The maximum absolute atomic E-state index is 10.9. The van der Waals surface area contributed by atoms with Crippen molar-refractivity contribution in [2.45, 2.75) is 25.7 Å². The van der Waals surface area contributed by atoms with Gasteiger partial charge in [-0.25, -0.2) is 9.59 Å². The van der Waals surface area contributed by atoms with E-state index in [1.54, 1.807) is 36.5 Å². The first-order chi connectivity index (χ1) is 14.5. The van der Waals surface area contributed by atoms with E-state index in [2.05, 4.69) is 16.0 Å². The van der Waals surface area contributed by atoms with Crippen molar-refractivity contribution in [1.29, 1.82) is 0 Å². The van der Waals surface area contributed by atoms with Crippen LogP contribution in [0.4, 0.5) is 0 Å². The van der Waals surface area contributed by atoms with Crippen molar-refractivity contribution in [3.63, 3.8) is 0 Å². The van der Waals surface area contributed by atoms with Crippen LogP contribution < -0.4 is 0 Å². The number of H-pyrrole nitrogens is 2. The van der Waals surface area contributed by atoms with E-state index in [9.17, 15) is 9.59 Å². The molecule has 0 fully saturated rings. The number of aromatic carboxylic acids is 2. The molecule has 2 aromatic heterocycles. The van der Waals surface area contributed by atoms with Gasteiger partial charge in [-0.15, -0.1) is 0 Å². The number of carbonyl (C=O) groups is 2. The molecule has 1 aliphatic carbocycles. The van der Waals surface area contributed by atoms with Crippen LogP contribution in [-0.4, -0.2) is 32.1 Å². The second-order valence-electron chi connectivity index (χ2n) is 7.33. The highest BCUT2D eigenvalue weighted by atomic mass is 16.4. The highest BCUT2D eigenvalue weighted by Gasteiger charge is 2.12. The summed E-state index contributed by atoms with van der Waals surface area (Å²) in [4.78, 5) is 27.6. The Morgan fingerprint density at radius 2 is 1.57 bits per heavy atom. The van der Waals surface area contributed by atoms with Gasteiger partial charge in [-0.3, -0.25) is 0 Å². The third-order valence-corrected chi connectivity index (χ3v) is 5.37. The van der Waals surface area contributed by atoms with Gasteiger partial charge in [0.2, 0.25) is 0 Å². The third-order valence-electron chi connectivity index (χ3n) is 5.37. The summed E-state index contributed by atoms with van der Waals surface area (Å²) in [7, 11) is 0. The minimum atomic E-state index is -0.897. The summed E-state index contributed by atoms with van der Waals surface area (Å²) < 4.78 is 0. The predicted octanol–water partition coefficient (Wildman–Crippen LogP) is 5.69. The van der Waals surface area contributed by atoms with E-state index in [0.29, 0.717) is 11.1 Å². The zero-order valence-electron chi connectivity index (χ0n) is 16.3. The minimum absolute atomic E-state index is 0.310. The van der Waals surface area contributed by atoms with Gasteiger partial charge in [-0.05, 0) is 67.0 Å². The number of allylic oxidation sites excluding steroid dienone is 2. The van der Waals surface area contributed by atoms with Crippen molar-refractivity contribution in [1.82, 2.24) is 9.97 Å². The normalized spacial score (nSPS) is 13.5. The summed E-state index contributed by atoms with van der Waals surface area (Å²) in [5, 5.41) is 19.8. The molecule has 0 aliphatic heterocycles. The molecule has 0 saturated carbocycles. The Morgan fingerprint density at radius 3 is 2.27 bits per heavy atom. The Kier molecular flexibility index (Phi) is 5.39. The summed E-state index contributed by atoms with van der Waals surface area (Å²) in [6.07, 6.45) is 10.9. The zero-order valence-corrected chi connectivity index (χ0v) is 16.3. The topological polar surface area (TPSA) is 106 Å². The van der Waals surface area contributed by atoms with Gasteiger partial charge in [-0.1, -0.05) is 18.2 Å². The summed E-state index contributed by atoms with van der Waals surface area (Å²) in [5.41, 5.74) is 5.00. The summed E-state index contributed by atoms with van der Waals surface area (Å²) in [6, 6.07) is 12.2. The van der Waals surface area contributed by atoms with Crippen molar-refractivity contribution in [3.05, 3.63) is 77.6 Å². The quantitative estimate of drug-likeness (QED) is 0.353. The van der Waals surface area contributed by atoms with Crippen molar-refractivity contribution in [2.24, 2.45) is 0 Å². The van der Waals surface area contributed by atoms with Crippen molar-refractivity contribution in [2.75, 3.05) is 0 Å². The Bertz CT molecular complexity index is 1260. The molecule has 4 aromatic rings. The molecule has 5 rings (SSSR count). The fraction of sp³-hybridized carbons (Fsp3) is 0.167. The fourth-order valence-corrected chi connectivity index (χ4v) is 3.79. The number of carboxylic acids is 2. The number of aromatic nitrogens is 2. The molecule has 2 heterocycles. The molecule has 0 spiro atoms. The molecule has 0 saturated heterocycles. The number of carboxylic acid groups (broad SMARTS) is 2. The lowest BCUT2D eigenvalue weighted by atomic mass is 9.93. The van der Waals surface area contributed by atoms with E-state index in [1.165, 1.54) is 24.0 Å². The third kappa shape index (κ3) is 3.98. The number of rotatable bonds is 3. The molecule has 1 aliphatic rings. The van der Waals surface area contributed by atoms with E-state index in [-0.39, 0.29) is 0 Å². The second-order valence-corrected chi connectivity index (χ2v) is 7.33. The molecule has 4 N–H and O–H groups in total. The monoisotopic (exact) mass is 402 g/mol. The maximum Gasteiger partial charge on any atom is 0.335 e. The Balaban J connectivity index is 0.000000158. The van der Waals surface area contributed by atoms with E-state index >= 15 is 0 Å². The zero-order chi connectivity index (χ0) is 21.1. The lowest BCUT2D eigenvalue weighted by Gasteiger charge is -2.11. The van der Waals surface area contributed by atoms with Crippen LogP contribution in [0.5, 0.6) is 0 Å². The number of aromatic amines is 2. The Hall–Kier alpha value is -3.80. The van der Waals surface area contributed by atoms with Gasteiger partial charge in [0.05, 0.1) is 11.1 Å². The van der Waals surface area contributed by atoms with Crippen molar-refractivity contribution >= 4 is 39.3 Å². The molecule has 6 nitrogen and oxygen atoms in total. The van der Waals surface area contributed by atoms with Gasteiger partial charge in [0.25, 0.3) is 0 Å². The molecule has 6 heteroatoms. The standard InChI is InChI=1S/C15H15NO2.C9H7NO2/c17-15(18)11-6-7-12-13(9-16-14(12)8-11)10-4-2-1-3-5-10;11-9(12)7-2-1-6-3-4-10-8(6)5-7/h4,6-9,16H,1-3,5H2,(H,17,18);1-5,10H,(H,11,12). The van der Waals surface area contributed by atoms with E-state index in [0.717, 1.165) is 34.6 Å². The van der Waals surface area contributed by atoms with Crippen LogP contribution in [0.3, 0.4) is 0 Å². The van der Waals surface area contributed by atoms with Crippen LogP contribution in [0.15, 0.2) is 60.9 Å². The van der Waals surface area contributed by atoms with E-state index < -0.39 is 11.9 Å². The molecule has 0 radical (unpaired) electrons. The fourth-order valence-electron chi connectivity index (χ4n) is 3.79. The van der Waals surface area contributed by atoms with E-state index in [4.69, 9.17) is 10.2 Å². The van der Waals surface area contributed by atoms with Gasteiger partial charge < -0.3 is 20.2 Å². The highest BCUT2D eigenvalue weighted by molar-refractivity contribution is 5.98. The Morgan fingerprint density at radius 1 is 0.833 bits per heavy atom. The molecular weight excluding hydrogens is 380 g/mol. The molecule has 2 aromatic carbocycles. The van der Waals surface area contributed by atoms with Crippen LogP contribution in [-0.2, 0) is 0 Å². The predicted molar refractivity (Wildman–Crippen MR) is 117 cm³/mol. The first-order valence-electron chi connectivity index (χ1n) is 9.87. The second kappa shape index (κ2) is 8.29. The van der Waals surface area contributed by atoms with Gasteiger partial charge in [0.1, 0.15) is 0 Å². The minimum Gasteiger partial charge on any atom is -0.478 e. The summed E-state index contributed by atoms with van der Waals surface area (Å²) in [5.74, 6) is -1.78. The number of nitrogens with one attached hydrogen (secondary N) is 2. The van der Waals surface area contributed by atoms with Crippen molar-refractivity contribution in [3.8, 4) is 0 Å². The van der Waals surface area contributed by atoms with Gasteiger partial charge >= 0.3 is 11.9 Å². The van der Waals surface area contributed by atoms with Crippen LogP contribution >= 0.6 is 0 Å². The van der Waals surface area contributed by atoms with Gasteiger partial charge in [0, 0.05) is 34.4 Å². The maximum atomic E-state index is 10.9. The smallest absolute Gasteiger partial charge is 0.335 e. The number of benzene rings is 2. The summed E-state index contributed by atoms with van der Waals surface area (Å²) in [6.45, 7) is 0. The Labute approximate surface area is 172 Å². The lowest BCUT2D eigenvalue weighted by Crippen LogP contribution is -1.95. The van der Waals surface area contributed by atoms with E-state index in [1.807, 2.05) is 18.3 Å². The summed E-state index contributed by atoms with van der Waals surface area (Å²) >= 11 is 0. The lowest BCUT2D eigenvalue weighted by molar-refractivity contribution is 0.0686. The van der Waals surface area contributed by atoms with Gasteiger partial charge in [0.15, 0.2) is 0 Å². The largest absolute Gasteiger partial charge is 0.478 e. The first kappa shape index (κ1) is 19.5. The van der Waals surface area contributed by atoms with Crippen LogP contribution in [0.1, 0.15) is 52.0 Å². The molecule has 152 valence electrons. The average molecular weight is 402 g/mol. The number of hydrogen-bond donors (Lipinski definition) is 4. The number of fused-ring (bicyclic) bond motifs is 2. The average Bonchev–Trinajstić information content (AvgIpc) is 3.40. The molecule has 0 unspecified atom stereocenters. The highest BCUT2D eigenvalue weighted by Crippen LogP contribution is 2.32. The van der Waals surface area contributed by atoms with Crippen LogP contribution in [0.25, 0.3) is 27.4 Å². The molecule has 0 atom stereocenters. The number of hydrogen-bond acceptors (Lipinski definition) is 2. The van der Waals surface area contributed by atoms with Crippen LogP contribution in [0, 0.1) is 0 Å². The van der Waals surface area contributed by atoms with Gasteiger partial charge in [-0.2, -0.15) is 0 Å². The van der Waals surface area contributed by atoms with Crippen LogP contribution in [0.2, 0.25) is 0 Å².